The van der Waals surface area contributed by atoms with Crippen molar-refractivity contribution in [3.05, 3.63) is 63.6 Å². The van der Waals surface area contributed by atoms with Gasteiger partial charge in [-0.25, -0.2) is 0 Å². The first-order valence-corrected chi connectivity index (χ1v) is 7.76. The first-order valence-electron chi connectivity index (χ1n) is 6.59. The minimum atomic E-state index is -0.0618. The van der Waals surface area contributed by atoms with E-state index in [-0.39, 0.29) is 18.5 Å². The molecule has 0 saturated carbocycles. The normalized spacial score (nSPS) is 11.8. The van der Waals surface area contributed by atoms with Crippen LogP contribution in [0.4, 0.5) is 5.69 Å². The monoisotopic (exact) mass is 366 g/mol. The summed E-state index contributed by atoms with van der Waals surface area (Å²) in [4.78, 5) is 12.0. The number of hydrogen-bond donors (Lipinski definition) is 2. The second-order valence-corrected chi connectivity index (χ2v) is 5.96. The fraction of sp³-hybridized carbons (Fsp3) is 0.188. The lowest BCUT2D eigenvalue weighted by Crippen LogP contribution is -2.32. The number of carbonyl (C=O) groups excluding carboxylic acids is 1. The number of hydrogen-bond acceptors (Lipinski definition) is 2. The first kappa shape index (κ1) is 15.9. The average molecular weight is 368 g/mol. The number of amides is 1. The van der Waals surface area contributed by atoms with Crippen LogP contribution in [0, 0.1) is 0 Å². The number of rotatable bonds is 5. The fourth-order valence-corrected chi connectivity index (χ4v) is 2.46. The summed E-state index contributed by atoms with van der Waals surface area (Å²) < 4.78 is 0.934. The molecule has 2 rings (SSSR count). The Kier molecular flexibility index (Phi) is 5.65. The molecule has 2 aromatic rings. The van der Waals surface area contributed by atoms with Gasteiger partial charge in [-0.1, -0.05) is 35.9 Å². The van der Waals surface area contributed by atoms with Gasteiger partial charge < -0.3 is 10.6 Å². The number of carbonyl (C=O) groups is 1. The van der Waals surface area contributed by atoms with Crippen LogP contribution in [0.2, 0.25) is 5.02 Å². The highest BCUT2D eigenvalue weighted by Gasteiger charge is 2.09. The lowest BCUT2D eigenvalue weighted by atomic mass is 10.1. The Bertz CT molecular complexity index is 616. The van der Waals surface area contributed by atoms with Crippen LogP contribution >= 0.6 is 27.5 Å². The average Bonchev–Trinajstić information content (AvgIpc) is 2.47. The number of anilines is 1. The third-order valence-corrected chi connectivity index (χ3v) is 4.00. The molecule has 1 atom stereocenters. The summed E-state index contributed by atoms with van der Waals surface area (Å²) in [6.45, 7) is 2.17. The molecule has 5 heteroatoms. The lowest BCUT2D eigenvalue weighted by molar-refractivity contribution is -0.120. The molecular formula is C16H16BrClN2O. The van der Waals surface area contributed by atoms with Crippen molar-refractivity contribution in [3.8, 4) is 0 Å². The Morgan fingerprint density at radius 3 is 2.52 bits per heavy atom. The quantitative estimate of drug-likeness (QED) is 0.823. The van der Waals surface area contributed by atoms with Gasteiger partial charge in [-0.05, 0) is 52.7 Å². The zero-order chi connectivity index (χ0) is 15.2. The lowest BCUT2D eigenvalue weighted by Gasteiger charge is -2.15. The number of halogens is 2. The van der Waals surface area contributed by atoms with E-state index in [0.717, 1.165) is 15.7 Å². The van der Waals surface area contributed by atoms with Gasteiger partial charge in [0.15, 0.2) is 0 Å². The van der Waals surface area contributed by atoms with Crippen LogP contribution in [0.1, 0.15) is 18.5 Å². The Hall–Kier alpha value is -1.52. The minimum absolute atomic E-state index is 0.0595. The third-order valence-electron chi connectivity index (χ3n) is 3.06. The van der Waals surface area contributed by atoms with Gasteiger partial charge in [0.1, 0.15) is 0 Å². The summed E-state index contributed by atoms with van der Waals surface area (Å²) in [6, 6.07) is 15.1. The van der Waals surface area contributed by atoms with E-state index in [9.17, 15) is 4.79 Å². The maximum atomic E-state index is 12.0. The molecule has 110 valence electrons. The second-order valence-electron chi connectivity index (χ2n) is 4.67. The van der Waals surface area contributed by atoms with Crippen molar-refractivity contribution in [1.29, 1.82) is 0 Å². The highest BCUT2D eigenvalue weighted by Crippen LogP contribution is 2.21. The molecule has 0 aromatic heterocycles. The molecule has 0 aliphatic rings. The van der Waals surface area contributed by atoms with Crippen molar-refractivity contribution in [3.63, 3.8) is 0 Å². The van der Waals surface area contributed by atoms with Gasteiger partial charge in [0, 0.05) is 15.2 Å². The Balaban J connectivity index is 1.87. The highest BCUT2D eigenvalue weighted by molar-refractivity contribution is 9.10. The van der Waals surface area contributed by atoms with Crippen LogP contribution in [-0.2, 0) is 4.79 Å². The van der Waals surface area contributed by atoms with Crippen LogP contribution in [0.3, 0.4) is 0 Å². The van der Waals surface area contributed by atoms with E-state index < -0.39 is 0 Å². The molecule has 3 nitrogen and oxygen atoms in total. The molecule has 21 heavy (non-hydrogen) atoms. The highest BCUT2D eigenvalue weighted by atomic mass is 79.9. The largest absolute Gasteiger partial charge is 0.375 e. The van der Waals surface area contributed by atoms with Gasteiger partial charge in [-0.3, -0.25) is 4.79 Å². The van der Waals surface area contributed by atoms with Crippen LogP contribution in [0.15, 0.2) is 53.0 Å². The van der Waals surface area contributed by atoms with Gasteiger partial charge >= 0.3 is 0 Å². The summed E-state index contributed by atoms with van der Waals surface area (Å²) in [5.74, 6) is -0.0618. The van der Waals surface area contributed by atoms with E-state index in [1.807, 2.05) is 55.5 Å². The van der Waals surface area contributed by atoms with Crippen LogP contribution < -0.4 is 10.6 Å². The molecule has 1 amide bonds. The molecule has 0 aliphatic carbocycles. The van der Waals surface area contributed by atoms with Crippen LogP contribution in [0.5, 0.6) is 0 Å². The Morgan fingerprint density at radius 2 is 1.86 bits per heavy atom. The molecule has 0 heterocycles. The summed E-state index contributed by atoms with van der Waals surface area (Å²) in [7, 11) is 0. The zero-order valence-corrected chi connectivity index (χ0v) is 13.9. The van der Waals surface area contributed by atoms with E-state index in [2.05, 4.69) is 26.6 Å². The molecule has 0 aliphatic heterocycles. The smallest absolute Gasteiger partial charge is 0.239 e. The molecular weight excluding hydrogens is 352 g/mol. The van der Waals surface area contributed by atoms with Crippen molar-refractivity contribution in [1.82, 2.24) is 5.32 Å². The standard InChI is InChI=1S/C16H16BrClN2O/c1-11(12-6-8-13(18)9-7-12)20-16(21)10-19-15-5-3-2-4-14(15)17/h2-9,11,19H,10H2,1H3,(H,20,21). The molecule has 1 unspecified atom stereocenters. The molecule has 0 spiro atoms. The molecule has 0 saturated heterocycles. The molecule has 2 N–H and O–H groups in total. The second kappa shape index (κ2) is 7.48. The Labute approximate surface area is 137 Å². The van der Waals surface area contributed by atoms with Gasteiger partial charge in [0.05, 0.1) is 12.6 Å². The summed E-state index contributed by atoms with van der Waals surface area (Å²) in [5.41, 5.74) is 1.92. The number of para-hydroxylation sites is 1. The van der Waals surface area contributed by atoms with Crippen molar-refractivity contribution >= 4 is 39.1 Å². The van der Waals surface area contributed by atoms with E-state index in [4.69, 9.17) is 11.6 Å². The van der Waals surface area contributed by atoms with E-state index in [0.29, 0.717) is 5.02 Å². The Morgan fingerprint density at radius 1 is 1.19 bits per heavy atom. The summed E-state index contributed by atoms with van der Waals surface area (Å²) >= 11 is 9.29. The van der Waals surface area contributed by atoms with Gasteiger partial charge in [0.25, 0.3) is 0 Å². The van der Waals surface area contributed by atoms with Crippen molar-refractivity contribution in [2.24, 2.45) is 0 Å². The van der Waals surface area contributed by atoms with Crippen molar-refractivity contribution in [2.45, 2.75) is 13.0 Å². The van der Waals surface area contributed by atoms with Gasteiger partial charge in [-0.15, -0.1) is 0 Å². The first-order chi connectivity index (χ1) is 10.1. The zero-order valence-electron chi connectivity index (χ0n) is 11.6. The minimum Gasteiger partial charge on any atom is -0.375 e. The molecule has 0 radical (unpaired) electrons. The van der Waals surface area contributed by atoms with E-state index in [1.165, 1.54) is 0 Å². The molecule has 2 aromatic carbocycles. The van der Waals surface area contributed by atoms with Crippen LogP contribution in [-0.4, -0.2) is 12.5 Å². The maximum Gasteiger partial charge on any atom is 0.239 e. The summed E-state index contributed by atoms with van der Waals surface area (Å²) in [5, 5.41) is 6.73. The van der Waals surface area contributed by atoms with E-state index in [1.54, 1.807) is 0 Å². The molecule has 0 fully saturated rings. The fourth-order valence-electron chi connectivity index (χ4n) is 1.91. The molecule has 0 bridgehead atoms. The number of nitrogens with one attached hydrogen (secondary N) is 2. The van der Waals surface area contributed by atoms with Crippen molar-refractivity contribution < 1.29 is 4.79 Å². The summed E-state index contributed by atoms with van der Waals surface area (Å²) in [6.07, 6.45) is 0. The third kappa shape index (κ3) is 4.76. The predicted molar refractivity (Wildman–Crippen MR) is 90.6 cm³/mol. The maximum absolute atomic E-state index is 12.0. The number of benzene rings is 2. The topological polar surface area (TPSA) is 41.1 Å². The van der Waals surface area contributed by atoms with E-state index >= 15 is 0 Å². The SMILES string of the molecule is CC(NC(=O)CNc1ccccc1Br)c1ccc(Cl)cc1. The van der Waals surface area contributed by atoms with Gasteiger partial charge in [0.2, 0.25) is 5.91 Å². The van der Waals surface area contributed by atoms with Crippen LogP contribution in [0.25, 0.3) is 0 Å². The van der Waals surface area contributed by atoms with Gasteiger partial charge in [-0.2, -0.15) is 0 Å². The predicted octanol–water partition coefficient (Wildman–Crippen LogP) is 4.39. The van der Waals surface area contributed by atoms with Crippen molar-refractivity contribution in [2.75, 3.05) is 11.9 Å².